The minimum Gasteiger partial charge on any atom is -0.497 e. The fourth-order valence-corrected chi connectivity index (χ4v) is 4.19. The first kappa shape index (κ1) is 17.0. The van der Waals surface area contributed by atoms with E-state index in [1.807, 2.05) is 42.6 Å². The van der Waals surface area contributed by atoms with Crippen LogP contribution in [0.25, 0.3) is 5.65 Å². The predicted octanol–water partition coefficient (Wildman–Crippen LogP) is 3.05. The van der Waals surface area contributed by atoms with Crippen molar-refractivity contribution in [2.24, 2.45) is 0 Å². The first-order valence-corrected chi connectivity index (χ1v) is 10.2. The van der Waals surface area contributed by atoms with Gasteiger partial charge in [-0.3, -0.25) is 9.11 Å². The molecule has 0 amide bonds. The molecule has 3 heterocycles. The standard InChI is InChI=1S/C17H21N5O3S/c1-25-14-6-4-13(5-7-14)18-17-19-16-15(3-2-8-22(16)20-17)21-9-11-26(23,24)12-10-21/h2-8,23-24H,9-12H2,1H3,(H,18,20). The molecule has 26 heavy (non-hydrogen) atoms. The van der Waals surface area contributed by atoms with E-state index >= 15 is 0 Å². The van der Waals surface area contributed by atoms with E-state index in [0.717, 1.165) is 22.8 Å². The molecular formula is C17H21N5O3S. The maximum absolute atomic E-state index is 9.82. The third-order valence-electron chi connectivity index (χ3n) is 4.40. The summed E-state index contributed by atoms with van der Waals surface area (Å²) >= 11 is 0. The van der Waals surface area contributed by atoms with E-state index in [9.17, 15) is 9.11 Å². The number of anilines is 3. The molecule has 0 atom stereocenters. The highest BCUT2D eigenvalue weighted by Gasteiger charge is 2.24. The number of rotatable bonds is 4. The van der Waals surface area contributed by atoms with Gasteiger partial charge in [-0.05, 0) is 36.4 Å². The molecule has 9 heteroatoms. The number of hydrogen-bond donors (Lipinski definition) is 3. The average molecular weight is 375 g/mol. The van der Waals surface area contributed by atoms with E-state index in [0.29, 0.717) is 30.5 Å². The van der Waals surface area contributed by atoms with Crippen molar-refractivity contribution < 1.29 is 13.8 Å². The number of pyridine rings is 1. The fourth-order valence-electron chi connectivity index (χ4n) is 2.96. The quantitative estimate of drug-likeness (QED) is 0.645. The van der Waals surface area contributed by atoms with Gasteiger partial charge >= 0.3 is 0 Å². The minimum absolute atomic E-state index is 0.388. The van der Waals surface area contributed by atoms with E-state index in [4.69, 9.17) is 4.74 Å². The summed E-state index contributed by atoms with van der Waals surface area (Å²) in [5, 5.41) is 7.67. The lowest BCUT2D eigenvalue weighted by Gasteiger charge is -2.41. The van der Waals surface area contributed by atoms with E-state index in [1.54, 1.807) is 11.6 Å². The van der Waals surface area contributed by atoms with Gasteiger partial charge in [-0.1, -0.05) is 0 Å². The first-order chi connectivity index (χ1) is 12.5. The number of ether oxygens (including phenoxy) is 1. The van der Waals surface area contributed by atoms with Crippen molar-refractivity contribution in [3.8, 4) is 5.75 Å². The molecule has 8 nitrogen and oxygen atoms in total. The molecule has 1 fully saturated rings. The lowest BCUT2D eigenvalue weighted by Crippen LogP contribution is -2.38. The molecule has 1 aromatic carbocycles. The molecule has 3 N–H and O–H groups in total. The summed E-state index contributed by atoms with van der Waals surface area (Å²) in [5.74, 6) is 2.07. The SMILES string of the molecule is COc1ccc(Nc2nc3c(N4CCS(O)(O)CC4)cccn3n2)cc1. The van der Waals surface area contributed by atoms with Crippen LogP contribution in [0.5, 0.6) is 5.75 Å². The van der Waals surface area contributed by atoms with Gasteiger partial charge in [0, 0.05) is 25.0 Å². The van der Waals surface area contributed by atoms with Crippen LogP contribution in [0.3, 0.4) is 0 Å². The summed E-state index contributed by atoms with van der Waals surface area (Å²) in [7, 11) is -0.793. The van der Waals surface area contributed by atoms with Gasteiger partial charge in [-0.15, -0.1) is 5.10 Å². The molecule has 2 aromatic heterocycles. The zero-order valence-corrected chi connectivity index (χ0v) is 15.2. The van der Waals surface area contributed by atoms with Gasteiger partial charge in [-0.25, -0.2) is 4.52 Å². The molecule has 0 unspecified atom stereocenters. The van der Waals surface area contributed by atoms with Crippen molar-refractivity contribution in [1.82, 2.24) is 14.6 Å². The topological polar surface area (TPSA) is 95.2 Å². The lowest BCUT2D eigenvalue weighted by atomic mass is 10.3. The fraction of sp³-hybridized carbons (Fsp3) is 0.294. The molecule has 1 aliphatic heterocycles. The van der Waals surface area contributed by atoms with E-state index in [1.165, 1.54) is 0 Å². The van der Waals surface area contributed by atoms with Gasteiger partial charge in [0.25, 0.3) is 0 Å². The van der Waals surface area contributed by atoms with Crippen LogP contribution in [0.15, 0.2) is 42.6 Å². The zero-order chi connectivity index (χ0) is 18.1. The van der Waals surface area contributed by atoms with Crippen molar-refractivity contribution in [3.05, 3.63) is 42.6 Å². The smallest absolute Gasteiger partial charge is 0.247 e. The largest absolute Gasteiger partial charge is 0.497 e. The van der Waals surface area contributed by atoms with Crippen molar-refractivity contribution in [3.63, 3.8) is 0 Å². The highest BCUT2D eigenvalue weighted by Crippen LogP contribution is 2.41. The molecule has 4 rings (SSSR count). The number of hydrogen-bond acceptors (Lipinski definition) is 7. The summed E-state index contributed by atoms with van der Waals surface area (Å²) in [6.07, 6.45) is 1.85. The van der Waals surface area contributed by atoms with E-state index in [2.05, 4.69) is 20.3 Å². The zero-order valence-electron chi connectivity index (χ0n) is 14.4. The Morgan fingerprint density at radius 2 is 1.85 bits per heavy atom. The monoisotopic (exact) mass is 375 g/mol. The number of benzene rings is 1. The molecule has 138 valence electrons. The van der Waals surface area contributed by atoms with Gasteiger partial charge in [-0.2, -0.15) is 15.6 Å². The molecule has 1 saturated heterocycles. The minimum atomic E-state index is -2.43. The first-order valence-electron chi connectivity index (χ1n) is 8.29. The van der Waals surface area contributed by atoms with Crippen LogP contribution in [0.2, 0.25) is 0 Å². The van der Waals surface area contributed by atoms with Crippen LogP contribution in [-0.4, -0.2) is 55.4 Å². The normalized spacial score (nSPS) is 17.9. The van der Waals surface area contributed by atoms with Gasteiger partial charge in [0.2, 0.25) is 5.95 Å². The van der Waals surface area contributed by atoms with Crippen LogP contribution < -0.4 is 15.0 Å². The molecule has 1 aliphatic rings. The number of nitrogens with one attached hydrogen (secondary N) is 1. The third-order valence-corrected chi connectivity index (χ3v) is 6.08. The van der Waals surface area contributed by atoms with E-state index < -0.39 is 10.6 Å². The van der Waals surface area contributed by atoms with E-state index in [-0.39, 0.29) is 0 Å². The second-order valence-corrected chi connectivity index (χ2v) is 8.57. The second-order valence-electron chi connectivity index (χ2n) is 6.15. The Hall–Kier alpha value is -2.49. The van der Waals surface area contributed by atoms with Crippen LogP contribution in [0, 0.1) is 0 Å². The Morgan fingerprint density at radius 1 is 1.12 bits per heavy atom. The Bertz CT molecular complexity index is 902. The summed E-state index contributed by atoms with van der Waals surface area (Å²) < 4.78 is 26.5. The van der Waals surface area contributed by atoms with Gasteiger partial charge in [0.05, 0.1) is 24.3 Å². The Morgan fingerprint density at radius 3 is 2.54 bits per heavy atom. The van der Waals surface area contributed by atoms with Crippen LogP contribution in [0.1, 0.15) is 0 Å². The van der Waals surface area contributed by atoms with Crippen molar-refractivity contribution in [2.45, 2.75) is 0 Å². The number of nitrogens with zero attached hydrogens (tertiary/aromatic N) is 4. The third kappa shape index (κ3) is 3.41. The second kappa shape index (κ2) is 6.67. The van der Waals surface area contributed by atoms with Gasteiger partial charge in [0.1, 0.15) is 5.75 Å². The summed E-state index contributed by atoms with van der Waals surface area (Å²) in [6.45, 7) is 1.19. The molecule has 0 bridgehead atoms. The van der Waals surface area contributed by atoms with Crippen molar-refractivity contribution >= 4 is 33.6 Å². The maximum atomic E-state index is 9.82. The molecule has 0 aliphatic carbocycles. The molecule has 0 saturated carbocycles. The average Bonchev–Trinajstić information content (AvgIpc) is 3.05. The predicted molar refractivity (Wildman–Crippen MR) is 104 cm³/mol. The highest BCUT2D eigenvalue weighted by atomic mass is 32.3. The maximum Gasteiger partial charge on any atom is 0.247 e. The van der Waals surface area contributed by atoms with Gasteiger partial charge in [0.15, 0.2) is 5.65 Å². The van der Waals surface area contributed by atoms with Crippen LogP contribution >= 0.6 is 10.6 Å². The molecule has 0 radical (unpaired) electrons. The molecule has 0 spiro atoms. The summed E-state index contributed by atoms with van der Waals surface area (Å²) in [6, 6.07) is 11.5. The Balaban J connectivity index is 1.59. The highest BCUT2D eigenvalue weighted by molar-refractivity contribution is 8.24. The number of methoxy groups -OCH3 is 1. The van der Waals surface area contributed by atoms with Crippen LogP contribution in [-0.2, 0) is 0 Å². The van der Waals surface area contributed by atoms with Crippen molar-refractivity contribution in [1.29, 1.82) is 0 Å². The number of aromatic nitrogens is 3. The Kier molecular flexibility index (Phi) is 4.35. The summed E-state index contributed by atoms with van der Waals surface area (Å²) in [5.41, 5.74) is 2.55. The van der Waals surface area contributed by atoms with Gasteiger partial charge < -0.3 is 15.0 Å². The Labute approximate surface area is 152 Å². The molecule has 3 aromatic rings. The van der Waals surface area contributed by atoms with Crippen LogP contribution in [0.4, 0.5) is 17.3 Å². The lowest BCUT2D eigenvalue weighted by molar-refractivity contribution is 0.415. The number of fused-ring (bicyclic) bond motifs is 1. The molecular weight excluding hydrogens is 354 g/mol. The van der Waals surface area contributed by atoms with Crippen molar-refractivity contribution in [2.75, 3.05) is 41.9 Å². The summed E-state index contributed by atoms with van der Waals surface area (Å²) in [4.78, 5) is 6.74.